The number of carbonyl (C=O) groups is 1. The normalized spacial score (nSPS) is 14.1. The first-order chi connectivity index (χ1) is 13.9. The molecule has 3 aromatic rings. The van der Waals surface area contributed by atoms with Crippen molar-refractivity contribution in [3.05, 3.63) is 75.9 Å². The van der Waals surface area contributed by atoms with Gasteiger partial charge in [0, 0.05) is 16.5 Å². The predicted octanol–water partition coefficient (Wildman–Crippen LogP) is 3.93. The monoisotopic (exact) mass is 430 g/mol. The van der Waals surface area contributed by atoms with Crippen molar-refractivity contribution in [2.45, 2.75) is 43.8 Å². The van der Waals surface area contributed by atoms with Crippen molar-refractivity contribution in [3.63, 3.8) is 0 Å². The molecular formula is C21H22N2O4S2. The van der Waals surface area contributed by atoms with Crippen LogP contribution in [0.2, 0.25) is 0 Å². The zero-order valence-electron chi connectivity index (χ0n) is 16.0. The van der Waals surface area contributed by atoms with Crippen LogP contribution in [0.4, 0.5) is 0 Å². The quantitative estimate of drug-likeness (QED) is 0.587. The van der Waals surface area contributed by atoms with Crippen molar-refractivity contribution in [1.82, 2.24) is 9.62 Å². The molecule has 0 radical (unpaired) electrons. The number of sulfonamides is 1. The Hall–Kier alpha value is -2.42. The summed E-state index contributed by atoms with van der Waals surface area (Å²) in [6.45, 7) is 2.54. The number of nitrogens with zero attached hydrogens (tertiary/aromatic N) is 1. The standard InChI is InChI=1S/C21H22N2O4S2/c1-15-6-9-19(29(25,26)22-16-7-8-16)12-20(15)21(24)23(13-17-4-2-10-27-17)14-18-5-3-11-28-18/h2-6,9-12,16,22H,7-8,13-14H2,1H3. The zero-order chi connectivity index (χ0) is 20.4. The molecular weight excluding hydrogens is 408 g/mol. The van der Waals surface area contributed by atoms with Gasteiger partial charge >= 0.3 is 0 Å². The molecule has 1 N–H and O–H groups in total. The molecule has 1 saturated carbocycles. The van der Waals surface area contributed by atoms with Crippen LogP contribution in [0.5, 0.6) is 0 Å². The summed E-state index contributed by atoms with van der Waals surface area (Å²) < 4.78 is 33.3. The zero-order valence-corrected chi connectivity index (χ0v) is 17.6. The van der Waals surface area contributed by atoms with Gasteiger partial charge in [-0.25, -0.2) is 13.1 Å². The van der Waals surface area contributed by atoms with Crippen LogP contribution in [0.1, 0.15) is 39.4 Å². The van der Waals surface area contributed by atoms with E-state index in [-0.39, 0.29) is 16.8 Å². The van der Waals surface area contributed by atoms with Gasteiger partial charge in [-0.1, -0.05) is 12.1 Å². The van der Waals surface area contributed by atoms with Crippen molar-refractivity contribution >= 4 is 27.3 Å². The minimum absolute atomic E-state index is 0.00901. The molecule has 2 aromatic heterocycles. The highest BCUT2D eigenvalue weighted by atomic mass is 32.2. The van der Waals surface area contributed by atoms with Crippen molar-refractivity contribution < 1.29 is 17.6 Å². The Morgan fingerprint density at radius 1 is 1.21 bits per heavy atom. The number of aryl methyl sites for hydroxylation is 1. The highest BCUT2D eigenvalue weighted by molar-refractivity contribution is 7.89. The van der Waals surface area contributed by atoms with E-state index in [1.54, 1.807) is 40.7 Å². The van der Waals surface area contributed by atoms with E-state index in [4.69, 9.17) is 4.42 Å². The number of nitrogens with one attached hydrogen (secondary N) is 1. The van der Waals surface area contributed by atoms with Gasteiger partial charge in [-0.15, -0.1) is 11.3 Å². The summed E-state index contributed by atoms with van der Waals surface area (Å²) in [5.74, 6) is 0.447. The van der Waals surface area contributed by atoms with E-state index < -0.39 is 10.0 Å². The van der Waals surface area contributed by atoms with Crippen molar-refractivity contribution in [2.24, 2.45) is 0 Å². The molecule has 0 spiro atoms. The number of amides is 1. The molecule has 0 aliphatic heterocycles. The average molecular weight is 431 g/mol. The number of hydrogen-bond donors (Lipinski definition) is 1. The second-order valence-electron chi connectivity index (χ2n) is 7.19. The summed E-state index contributed by atoms with van der Waals surface area (Å²) >= 11 is 1.57. The van der Waals surface area contributed by atoms with Gasteiger partial charge in [0.05, 0.1) is 24.2 Å². The Bertz CT molecular complexity index is 1050. The Balaban J connectivity index is 1.64. The lowest BCUT2D eigenvalue weighted by atomic mass is 10.1. The lowest BCUT2D eigenvalue weighted by molar-refractivity contribution is 0.0718. The number of furan rings is 1. The molecule has 0 unspecified atom stereocenters. The maximum absolute atomic E-state index is 13.4. The van der Waals surface area contributed by atoms with Gasteiger partial charge in [-0.2, -0.15) is 0 Å². The Labute approximate surface area is 174 Å². The molecule has 0 bridgehead atoms. The summed E-state index contributed by atoms with van der Waals surface area (Å²) in [6.07, 6.45) is 3.29. The summed E-state index contributed by atoms with van der Waals surface area (Å²) in [6, 6.07) is 12.2. The highest BCUT2D eigenvalue weighted by Gasteiger charge is 2.29. The third kappa shape index (κ3) is 4.77. The first kappa shape index (κ1) is 19.9. The van der Waals surface area contributed by atoms with Gasteiger partial charge in [0.1, 0.15) is 5.76 Å². The Morgan fingerprint density at radius 3 is 2.69 bits per heavy atom. The number of thiophene rings is 1. The fourth-order valence-electron chi connectivity index (χ4n) is 3.04. The minimum Gasteiger partial charge on any atom is -0.467 e. The maximum atomic E-state index is 13.4. The summed E-state index contributed by atoms with van der Waals surface area (Å²) in [5, 5.41) is 1.97. The van der Waals surface area contributed by atoms with Crippen LogP contribution in [-0.4, -0.2) is 25.3 Å². The van der Waals surface area contributed by atoms with E-state index in [0.717, 1.165) is 23.3 Å². The van der Waals surface area contributed by atoms with E-state index in [2.05, 4.69) is 4.72 Å². The smallest absolute Gasteiger partial charge is 0.254 e. The molecule has 1 aliphatic rings. The van der Waals surface area contributed by atoms with Crippen molar-refractivity contribution in [1.29, 1.82) is 0 Å². The van der Waals surface area contributed by atoms with E-state index >= 15 is 0 Å². The average Bonchev–Trinajstić information content (AvgIpc) is 3.12. The van der Waals surface area contributed by atoms with Crippen LogP contribution in [0, 0.1) is 6.92 Å². The van der Waals surface area contributed by atoms with E-state index in [1.807, 2.05) is 30.5 Å². The van der Waals surface area contributed by atoms with Gasteiger partial charge in [0.25, 0.3) is 5.91 Å². The van der Waals surface area contributed by atoms with Crippen LogP contribution in [0.3, 0.4) is 0 Å². The molecule has 2 heterocycles. The van der Waals surface area contributed by atoms with Gasteiger partial charge < -0.3 is 9.32 Å². The molecule has 1 aromatic carbocycles. The molecule has 1 aliphatic carbocycles. The number of benzene rings is 1. The molecule has 4 rings (SSSR count). The number of hydrogen-bond acceptors (Lipinski definition) is 5. The summed E-state index contributed by atoms with van der Waals surface area (Å²) in [4.78, 5) is 16.2. The third-order valence-corrected chi connectivity index (χ3v) is 7.17. The third-order valence-electron chi connectivity index (χ3n) is 4.79. The van der Waals surface area contributed by atoms with Gasteiger partial charge in [0.2, 0.25) is 10.0 Å². The van der Waals surface area contributed by atoms with E-state index in [1.165, 1.54) is 6.07 Å². The molecule has 29 heavy (non-hydrogen) atoms. The van der Waals surface area contributed by atoms with E-state index in [9.17, 15) is 13.2 Å². The molecule has 1 fully saturated rings. The number of rotatable bonds is 8. The number of carbonyl (C=O) groups excluding carboxylic acids is 1. The SMILES string of the molecule is Cc1ccc(S(=O)(=O)NC2CC2)cc1C(=O)N(Cc1ccco1)Cc1cccs1. The predicted molar refractivity (Wildman–Crippen MR) is 111 cm³/mol. The summed E-state index contributed by atoms with van der Waals surface area (Å²) in [7, 11) is -3.63. The largest absolute Gasteiger partial charge is 0.467 e. The first-order valence-electron chi connectivity index (χ1n) is 9.39. The lowest BCUT2D eigenvalue weighted by Gasteiger charge is -2.22. The Morgan fingerprint density at radius 2 is 2.03 bits per heavy atom. The molecule has 6 nitrogen and oxygen atoms in total. The highest BCUT2D eigenvalue weighted by Crippen LogP contribution is 2.25. The van der Waals surface area contributed by atoms with Crippen LogP contribution < -0.4 is 4.72 Å². The lowest BCUT2D eigenvalue weighted by Crippen LogP contribution is -2.31. The van der Waals surface area contributed by atoms with E-state index in [0.29, 0.717) is 24.4 Å². The van der Waals surface area contributed by atoms with Crippen LogP contribution in [-0.2, 0) is 23.1 Å². The Kier molecular flexibility index (Phi) is 5.58. The molecule has 8 heteroatoms. The molecule has 152 valence electrons. The van der Waals surface area contributed by atoms with Crippen LogP contribution >= 0.6 is 11.3 Å². The first-order valence-corrected chi connectivity index (χ1v) is 11.8. The molecule has 0 atom stereocenters. The van der Waals surface area contributed by atoms with Crippen molar-refractivity contribution in [3.8, 4) is 0 Å². The summed E-state index contributed by atoms with van der Waals surface area (Å²) in [5.41, 5.74) is 1.11. The molecule has 1 amide bonds. The second kappa shape index (κ2) is 8.14. The topological polar surface area (TPSA) is 79.6 Å². The van der Waals surface area contributed by atoms with Gasteiger partial charge in [0.15, 0.2) is 0 Å². The van der Waals surface area contributed by atoms with Gasteiger partial charge in [-0.05, 0) is 61.0 Å². The van der Waals surface area contributed by atoms with Crippen LogP contribution in [0.25, 0.3) is 0 Å². The van der Waals surface area contributed by atoms with Crippen molar-refractivity contribution in [2.75, 3.05) is 0 Å². The maximum Gasteiger partial charge on any atom is 0.254 e. The minimum atomic E-state index is -3.63. The fraction of sp³-hybridized carbons (Fsp3) is 0.286. The molecule has 0 saturated heterocycles. The van der Waals surface area contributed by atoms with Crippen LogP contribution in [0.15, 0.2) is 63.4 Å². The van der Waals surface area contributed by atoms with Gasteiger partial charge in [-0.3, -0.25) is 4.79 Å². The second-order valence-corrected chi connectivity index (χ2v) is 9.94. The fourth-order valence-corrected chi connectivity index (χ4v) is 5.09.